The molecule has 1 saturated heterocycles. The van der Waals surface area contributed by atoms with Crippen molar-refractivity contribution < 1.29 is 8.42 Å². The van der Waals surface area contributed by atoms with Crippen LogP contribution < -0.4 is 0 Å². The van der Waals surface area contributed by atoms with E-state index in [0.29, 0.717) is 19.0 Å². The van der Waals surface area contributed by atoms with E-state index in [9.17, 15) is 8.42 Å². The molecule has 21 heavy (non-hydrogen) atoms. The molecular formula is C14H20N4O2S. The minimum Gasteiger partial charge on any atom is -0.300 e. The van der Waals surface area contributed by atoms with Crippen molar-refractivity contribution in [1.29, 1.82) is 5.26 Å². The summed E-state index contributed by atoms with van der Waals surface area (Å²) in [6.07, 6.45) is 1.43. The van der Waals surface area contributed by atoms with Gasteiger partial charge in [0.2, 0.25) is 10.0 Å². The first-order valence-corrected chi connectivity index (χ1v) is 8.46. The van der Waals surface area contributed by atoms with Crippen LogP contribution in [-0.4, -0.2) is 55.3 Å². The van der Waals surface area contributed by atoms with Gasteiger partial charge in [0, 0.05) is 38.9 Å². The van der Waals surface area contributed by atoms with Crippen LogP contribution in [0.3, 0.4) is 0 Å². The van der Waals surface area contributed by atoms with Crippen molar-refractivity contribution in [3.63, 3.8) is 0 Å². The molecule has 0 N–H and O–H groups in total. The molecule has 0 radical (unpaired) electrons. The van der Waals surface area contributed by atoms with Gasteiger partial charge in [0.1, 0.15) is 11.0 Å². The van der Waals surface area contributed by atoms with Gasteiger partial charge in [-0.15, -0.1) is 0 Å². The Balaban J connectivity index is 2.14. The third-order valence-electron chi connectivity index (χ3n) is 3.45. The molecule has 1 aromatic heterocycles. The molecule has 0 bridgehead atoms. The molecule has 1 fully saturated rings. The quantitative estimate of drug-likeness (QED) is 0.826. The van der Waals surface area contributed by atoms with Gasteiger partial charge in [-0.05, 0) is 18.1 Å². The lowest BCUT2D eigenvalue weighted by atomic mass is 10.2. The summed E-state index contributed by atoms with van der Waals surface area (Å²) in [6.45, 7) is 7.63. The van der Waals surface area contributed by atoms with Gasteiger partial charge in [0.15, 0.2) is 5.69 Å². The molecule has 2 rings (SSSR count). The van der Waals surface area contributed by atoms with Crippen molar-refractivity contribution >= 4 is 10.0 Å². The molecule has 0 amide bonds. The highest BCUT2D eigenvalue weighted by atomic mass is 32.2. The van der Waals surface area contributed by atoms with E-state index in [1.54, 1.807) is 6.07 Å². The van der Waals surface area contributed by atoms with Gasteiger partial charge in [-0.2, -0.15) is 9.57 Å². The smallest absolute Gasteiger partial charge is 0.246 e. The van der Waals surface area contributed by atoms with E-state index >= 15 is 0 Å². The number of rotatable bonds is 4. The maximum Gasteiger partial charge on any atom is 0.246 e. The average molecular weight is 308 g/mol. The molecule has 114 valence electrons. The Labute approximate surface area is 126 Å². The molecule has 1 aliphatic rings. The zero-order chi connectivity index (χ0) is 15.5. The SMILES string of the molecule is CC(C)CN1CCN(S(=O)(=O)c2cccnc2C#N)CC1. The molecule has 0 aliphatic carbocycles. The van der Waals surface area contributed by atoms with Crippen LogP contribution in [0.15, 0.2) is 23.2 Å². The molecule has 2 heterocycles. The van der Waals surface area contributed by atoms with Crippen LogP contribution in [0.4, 0.5) is 0 Å². The van der Waals surface area contributed by atoms with Crippen LogP contribution in [0.1, 0.15) is 19.5 Å². The average Bonchev–Trinajstić information content (AvgIpc) is 2.47. The molecule has 7 heteroatoms. The van der Waals surface area contributed by atoms with Gasteiger partial charge in [-0.25, -0.2) is 13.4 Å². The second kappa shape index (κ2) is 6.52. The monoisotopic (exact) mass is 308 g/mol. The summed E-state index contributed by atoms with van der Waals surface area (Å²) in [5, 5.41) is 9.02. The third-order valence-corrected chi connectivity index (χ3v) is 5.38. The Hall–Kier alpha value is -1.49. The van der Waals surface area contributed by atoms with Crippen LogP contribution in [0.25, 0.3) is 0 Å². The third kappa shape index (κ3) is 3.59. The Morgan fingerprint density at radius 2 is 2.00 bits per heavy atom. The van der Waals surface area contributed by atoms with E-state index < -0.39 is 10.0 Å². The van der Waals surface area contributed by atoms with Gasteiger partial charge in [-0.3, -0.25) is 0 Å². The second-order valence-electron chi connectivity index (χ2n) is 5.56. The van der Waals surface area contributed by atoms with Crippen molar-refractivity contribution in [2.24, 2.45) is 5.92 Å². The summed E-state index contributed by atoms with van der Waals surface area (Å²) in [6, 6.07) is 4.84. The maximum atomic E-state index is 12.6. The highest BCUT2D eigenvalue weighted by Crippen LogP contribution is 2.19. The van der Waals surface area contributed by atoms with Crippen molar-refractivity contribution in [1.82, 2.24) is 14.2 Å². The number of piperazine rings is 1. The number of nitrogens with zero attached hydrogens (tertiary/aromatic N) is 4. The fraction of sp³-hybridized carbons (Fsp3) is 0.571. The lowest BCUT2D eigenvalue weighted by Gasteiger charge is -2.34. The van der Waals surface area contributed by atoms with Gasteiger partial charge in [0.05, 0.1) is 0 Å². The molecule has 0 atom stereocenters. The van der Waals surface area contributed by atoms with Crippen LogP contribution in [0, 0.1) is 17.2 Å². The maximum absolute atomic E-state index is 12.6. The van der Waals surface area contributed by atoms with E-state index in [0.717, 1.165) is 19.6 Å². The van der Waals surface area contributed by atoms with Gasteiger partial charge in [-0.1, -0.05) is 13.8 Å². The second-order valence-corrected chi connectivity index (χ2v) is 7.47. The molecule has 0 spiro atoms. The summed E-state index contributed by atoms with van der Waals surface area (Å²) >= 11 is 0. The number of nitriles is 1. The molecular weight excluding hydrogens is 288 g/mol. The number of hydrogen-bond donors (Lipinski definition) is 0. The fourth-order valence-corrected chi connectivity index (χ4v) is 4.01. The van der Waals surface area contributed by atoms with E-state index in [1.165, 1.54) is 16.6 Å². The van der Waals surface area contributed by atoms with Crippen molar-refractivity contribution in [2.75, 3.05) is 32.7 Å². The molecule has 1 aliphatic heterocycles. The van der Waals surface area contributed by atoms with Crippen LogP contribution in [0.2, 0.25) is 0 Å². The normalized spacial score (nSPS) is 17.8. The summed E-state index contributed by atoms with van der Waals surface area (Å²) < 4.78 is 26.7. The first-order chi connectivity index (χ1) is 9.95. The lowest BCUT2D eigenvalue weighted by molar-refractivity contribution is 0.172. The van der Waals surface area contributed by atoms with E-state index in [2.05, 4.69) is 23.7 Å². The molecule has 0 aromatic carbocycles. The Morgan fingerprint density at radius 1 is 1.33 bits per heavy atom. The predicted molar refractivity (Wildman–Crippen MR) is 79.0 cm³/mol. The molecule has 6 nitrogen and oxygen atoms in total. The first-order valence-electron chi connectivity index (χ1n) is 7.02. The van der Waals surface area contributed by atoms with Crippen LogP contribution in [-0.2, 0) is 10.0 Å². The first kappa shape index (κ1) is 15.9. The van der Waals surface area contributed by atoms with Gasteiger partial charge < -0.3 is 4.90 Å². The van der Waals surface area contributed by atoms with Gasteiger partial charge in [0.25, 0.3) is 0 Å². The zero-order valence-corrected chi connectivity index (χ0v) is 13.2. The molecule has 0 unspecified atom stereocenters. The van der Waals surface area contributed by atoms with Crippen LogP contribution >= 0.6 is 0 Å². The van der Waals surface area contributed by atoms with Crippen molar-refractivity contribution in [2.45, 2.75) is 18.7 Å². The number of pyridine rings is 1. The predicted octanol–water partition coefficient (Wildman–Crippen LogP) is 0.916. The summed E-state index contributed by atoms with van der Waals surface area (Å²) in [5.74, 6) is 0.566. The topological polar surface area (TPSA) is 77.3 Å². The van der Waals surface area contributed by atoms with E-state index in [4.69, 9.17) is 5.26 Å². The minimum absolute atomic E-state index is 0.00445. The van der Waals surface area contributed by atoms with E-state index in [-0.39, 0.29) is 10.6 Å². The Bertz CT molecular complexity index is 629. The highest BCUT2D eigenvalue weighted by Gasteiger charge is 2.30. The number of aromatic nitrogens is 1. The van der Waals surface area contributed by atoms with Crippen molar-refractivity contribution in [3.8, 4) is 6.07 Å². The fourth-order valence-electron chi connectivity index (χ4n) is 2.49. The zero-order valence-electron chi connectivity index (χ0n) is 12.4. The number of hydrogen-bond acceptors (Lipinski definition) is 5. The minimum atomic E-state index is -3.64. The number of sulfonamides is 1. The standard InChI is InChI=1S/C14H20N4O2S/c1-12(2)11-17-6-8-18(9-7-17)21(19,20)14-4-3-5-16-13(14)10-15/h3-5,12H,6-9,11H2,1-2H3. The summed E-state index contributed by atoms with van der Waals surface area (Å²) in [4.78, 5) is 6.11. The van der Waals surface area contributed by atoms with E-state index in [1.807, 2.05) is 6.07 Å². The Morgan fingerprint density at radius 3 is 2.57 bits per heavy atom. The summed E-state index contributed by atoms with van der Waals surface area (Å²) in [5.41, 5.74) is -0.0397. The summed E-state index contributed by atoms with van der Waals surface area (Å²) in [7, 11) is -3.64. The molecule has 1 aromatic rings. The highest BCUT2D eigenvalue weighted by molar-refractivity contribution is 7.89. The van der Waals surface area contributed by atoms with Gasteiger partial charge >= 0.3 is 0 Å². The largest absolute Gasteiger partial charge is 0.300 e. The lowest BCUT2D eigenvalue weighted by Crippen LogP contribution is -2.49. The Kier molecular flexibility index (Phi) is 4.93. The van der Waals surface area contributed by atoms with Crippen LogP contribution in [0.5, 0.6) is 0 Å². The molecule has 0 saturated carbocycles. The van der Waals surface area contributed by atoms with Crippen molar-refractivity contribution in [3.05, 3.63) is 24.0 Å².